The van der Waals surface area contributed by atoms with Crippen LogP contribution in [0.15, 0.2) is 29.0 Å². The number of nitrogens with zero attached hydrogens (tertiary/aromatic N) is 3. The van der Waals surface area contributed by atoms with Gasteiger partial charge in [-0.15, -0.1) is 0 Å². The monoisotopic (exact) mass is 294 g/mol. The normalized spacial score (nSPS) is 12.7. The van der Waals surface area contributed by atoms with Crippen LogP contribution in [0.25, 0.3) is 0 Å². The zero-order valence-corrected chi connectivity index (χ0v) is 11.5. The van der Waals surface area contributed by atoms with Crippen LogP contribution < -0.4 is 5.73 Å². The minimum absolute atomic E-state index is 0.0580. The van der Waals surface area contributed by atoms with E-state index in [0.717, 1.165) is 27.8 Å². The Labute approximate surface area is 109 Å². The SMILES string of the molecule is Cc1c(C(N)Cc2ccc(Br)cn2)cnn1C. The number of hydrogen-bond donors (Lipinski definition) is 1. The summed E-state index contributed by atoms with van der Waals surface area (Å²) in [6, 6.07) is 3.90. The van der Waals surface area contributed by atoms with E-state index in [1.807, 2.05) is 37.0 Å². The Morgan fingerprint density at radius 3 is 2.71 bits per heavy atom. The Kier molecular flexibility index (Phi) is 3.59. The van der Waals surface area contributed by atoms with Crippen LogP contribution in [0, 0.1) is 6.92 Å². The molecule has 0 spiro atoms. The van der Waals surface area contributed by atoms with Crippen molar-refractivity contribution < 1.29 is 0 Å². The molecular formula is C12H15BrN4. The number of rotatable bonds is 3. The minimum Gasteiger partial charge on any atom is -0.324 e. The molecule has 1 atom stereocenters. The van der Waals surface area contributed by atoms with Crippen molar-refractivity contribution in [3.05, 3.63) is 46.0 Å². The topological polar surface area (TPSA) is 56.7 Å². The molecule has 2 N–H and O–H groups in total. The lowest BCUT2D eigenvalue weighted by atomic mass is 10.0. The number of aromatic nitrogens is 3. The number of pyridine rings is 1. The van der Waals surface area contributed by atoms with Crippen LogP contribution in [-0.2, 0) is 13.5 Å². The Hall–Kier alpha value is -1.20. The maximum Gasteiger partial charge on any atom is 0.0540 e. The first-order valence-corrected chi connectivity index (χ1v) is 6.21. The van der Waals surface area contributed by atoms with Gasteiger partial charge >= 0.3 is 0 Å². The van der Waals surface area contributed by atoms with Crippen molar-refractivity contribution in [1.82, 2.24) is 14.8 Å². The smallest absolute Gasteiger partial charge is 0.0540 e. The van der Waals surface area contributed by atoms with Crippen LogP contribution in [0.3, 0.4) is 0 Å². The molecule has 0 aliphatic rings. The van der Waals surface area contributed by atoms with Crippen LogP contribution in [-0.4, -0.2) is 14.8 Å². The zero-order valence-electron chi connectivity index (χ0n) is 9.89. The lowest BCUT2D eigenvalue weighted by Crippen LogP contribution is -2.15. The maximum atomic E-state index is 6.17. The maximum absolute atomic E-state index is 6.17. The third-order valence-corrected chi connectivity index (χ3v) is 3.36. The van der Waals surface area contributed by atoms with Gasteiger partial charge in [0.25, 0.3) is 0 Å². The molecule has 0 fully saturated rings. The number of halogens is 1. The summed E-state index contributed by atoms with van der Waals surface area (Å²) in [6.07, 6.45) is 4.34. The lowest BCUT2D eigenvalue weighted by molar-refractivity contribution is 0.690. The van der Waals surface area contributed by atoms with Crippen LogP contribution in [0.1, 0.15) is 23.0 Å². The van der Waals surface area contributed by atoms with E-state index >= 15 is 0 Å². The minimum atomic E-state index is -0.0580. The molecule has 2 aromatic heterocycles. The molecule has 2 heterocycles. The van der Waals surface area contributed by atoms with E-state index in [1.165, 1.54) is 0 Å². The van der Waals surface area contributed by atoms with Crippen molar-refractivity contribution in [3.8, 4) is 0 Å². The summed E-state index contributed by atoms with van der Waals surface area (Å²) < 4.78 is 2.82. The molecule has 2 aromatic rings. The van der Waals surface area contributed by atoms with Gasteiger partial charge in [0.15, 0.2) is 0 Å². The van der Waals surface area contributed by atoms with E-state index in [2.05, 4.69) is 26.0 Å². The highest BCUT2D eigenvalue weighted by Gasteiger charge is 2.13. The van der Waals surface area contributed by atoms with Crippen molar-refractivity contribution in [1.29, 1.82) is 0 Å². The Morgan fingerprint density at radius 1 is 1.41 bits per heavy atom. The van der Waals surface area contributed by atoms with Crippen molar-refractivity contribution in [2.75, 3.05) is 0 Å². The largest absolute Gasteiger partial charge is 0.324 e. The summed E-state index contributed by atoms with van der Waals surface area (Å²) in [6.45, 7) is 2.03. The van der Waals surface area contributed by atoms with E-state index in [1.54, 1.807) is 6.20 Å². The highest BCUT2D eigenvalue weighted by atomic mass is 79.9. The summed E-state index contributed by atoms with van der Waals surface area (Å²) in [5, 5.41) is 4.20. The standard InChI is InChI=1S/C12H15BrN4/c1-8-11(7-16-17(8)2)12(14)5-10-4-3-9(13)6-15-10/h3-4,6-7,12H,5,14H2,1-2H3. The van der Waals surface area contributed by atoms with Gasteiger partial charge < -0.3 is 5.73 Å². The van der Waals surface area contributed by atoms with Gasteiger partial charge in [0.1, 0.15) is 0 Å². The van der Waals surface area contributed by atoms with Gasteiger partial charge in [-0.25, -0.2) is 0 Å². The highest BCUT2D eigenvalue weighted by Crippen LogP contribution is 2.18. The van der Waals surface area contributed by atoms with E-state index in [9.17, 15) is 0 Å². The van der Waals surface area contributed by atoms with Crippen LogP contribution >= 0.6 is 15.9 Å². The van der Waals surface area contributed by atoms with Crippen molar-refractivity contribution >= 4 is 15.9 Å². The summed E-state index contributed by atoms with van der Waals surface area (Å²) in [5.74, 6) is 0. The third kappa shape index (κ3) is 2.73. The van der Waals surface area contributed by atoms with Gasteiger partial charge in [0.2, 0.25) is 0 Å². The van der Waals surface area contributed by atoms with E-state index in [4.69, 9.17) is 5.73 Å². The van der Waals surface area contributed by atoms with Crippen molar-refractivity contribution in [2.45, 2.75) is 19.4 Å². The summed E-state index contributed by atoms with van der Waals surface area (Å²) in [7, 11) is 1.92. The van der Waals surface area contributed by atoms with E-state index in [-0.39, 0.29) is 6.04 Å². The molecule has 4 nitrogen and oxygen atoms in total. The molecule has 0 aliphatic heterocycles. The molecule has 0 saturated heterocycles. The molecule has 0 aromatic carbocycles. The van der Waals surface area contributed by atoms with Gasteiger partial charge in [0.05, 0.1) is 6.20 Å². The summed E-state index contributed by atoms with van der Waals surface area (Å²) in [5.41, 5.74) is 9.35. The number of hydrogen-bond acceptors (Lipinski definition) is 3. The Balaban J connectivity index is 2.14. The van der Waals surface area contributed by atoms with Gasteiger partial charge in [-0.3, -0.25) is 9.67 Å². The first-order chi connectivity index (χ1) is 8.08. The van der Waals surface area contributed by atoms with Crippen molar-refractivity contribution in [2.24, 2.45) is 12.8 Å². The second-order valence-electron chi connectivity index (χ2n) is 4.09. The zero-order chi connectivity index (χ0) is 12.4. The Morgan fingerprint density at radius 2 is 2.18 bits per heavy atom. The molecule has 17 heavy (non-hydrogen) atoms. The second-order valence-corrected chi connectivity index (χ2v) is 5.00. The number of aryl methyl sites for hydroxylation is 1. The van der Waals surface area contributed by atoms with Crippen LogP contribution in [0.5, 0.6) is 0 Å². The lowest BCUT2D eigenvalue weighted by Gasteiger charge is -2.10. The second kappa shape index (κ2) is 4.98. The van der Waals surface area contributed by atoms with E-state index < -0.39 is 0 Å². The first-order valence-electron chi connectivity index (χ1n) is 5.42. The van der Waals surface area contributed by atoms with E-state index in [0.29, 0.717) is 0 Å². The molecule has 0 bridgehead atoms. The molecule has 5 heteroatoms. The highest BCUT2D eigenvalue weighted by molar-refractivity contribution is 9.10. The van der Waals surface area contributed by atoms with Gasteiger partial charge in [-0.2, -0.15) is 5.10 Å². The quantitative estimate of drug-likeness (QED) is 0.943. The molecule has 0 aliphatic carbocycles. The molecule has 1 unspecified atom stereocenters. The fourth-order valence-electron chi connectivity index (χ4n) is 1.74. The molecule has 90 valence electrons. The summed E-state index contributed by atoms with van der Waals surface area (Å²) in [4.78, 5) is 4.33. The van der Waals surface area contributed by atoms with Crippen molar-refractivity contribution in [3.63, 3.8) is 0 Å². The average Bonchev–Trinajstić information content (AvgIpc) is 2.63. The average molecular weight is 295 g/mol. The fraction of sp³-hybridized carbons (Fsp3) is 0.333. The predicted molar refractivity (Wildman–Crippen MR) is 70.5 cm³/mol. The van der Waals surface area contributed by atoms with Crippen LogP contribution in [0.4, 0.5) is 0 Å². The molecule has 2 rings (SSSR count). The van der Waals surface area contributed by atoms with Gasteiger partial charge in [0, 0.05) is 47.1 Å². The van der Waals surface area contributed by atoms with Crippen LogP contribution in [0.2, 0.25) is 0 Å². The fourth-order valence-corrected chi connectivity index (χ4v) is 1.98. The van der Waals surface area contributed by atoms with Gasteiger partial charge in [-0.05, 0) is 35.0 Å². The third-order valence-electron chi connectivity index (χ3n) is 2.89. The predicted octanol–water partition coefficient (Wildman–Crippen LogP) is 2.13. The molecule has 0 saturated carbocycles. The molecule has 0 amide bonds. The molecule has 0 radical (unpaired) electrons. The number of nitrogens with two attached hydrogens (primary N) is 1. The molecular weight excluding hydrogens is 280 g/mol. The summed E-state index contributed by atoms with van der Waals surface area (Å²) >= 11 is 3.36. The first kappa shape index (κ1) is 12.3. The Bertz CT molecular complexity index is 504. The van der Waals surface area contributed by atoms with Gasteiger partial charge in [-0.1, -0.05) is 0 Å².